The Morgan fingerprint density at radius 3 is 2.18 bits per heavy atom. The minimum atomic E-state index is -2.90. The first-order valence-corrected chi connectivity index (χ1v) is 3.24. The summed E-state index contributed by atoms with van der Waals surface area (Å²) in [7, 11) is 0. The molecule has 5 heteroatoms. The molecule has 0 aliphatic carbocycles. The quantitative estimate of drug-likeness (QED) is 0.617. The minimum Gasteiger partial charge on any atom is -0.226 e. The van der Waals surface area contributed by atoms with Gasteiger partial charge in [0.2, 0.25) is 5.28 Å². The molecule has 60 valence electrons. The van der Waals surface area contributed by atoms with Gasteiger partial charge in [0.1, 0.15) is 0 Å². The van der Waals surface area contributed by atoms with Gasteiger partial charge in [-0.15, -0.1) is 0 Å². The van der Waals surface area contributed by atoms with Crippen LogP contribution in [0.25, 0.3) is 0 Å². The molecule has 0 radical (unpaired) electrons. The molecule has 1 rings (SSSR count). The topological polar surface area (TPSA) is 25.8 Å². The molecular formula is C6H5ClF2N2. The lowest BCUT2D eigenvalue weighted by Gasteiger charge is -2.07. The summed E-state index contributed by atoms with van der Waals surface area (Å²) in [6.45, 7) is 0.777. The molecule has 1 heterocycles. The fourth-order valence-electron chi connectivity index (χ4n) is 0.539. The standard InChI is InChI=1S/C6H5ClF2N2/c1-6(8,9)4-2-10-5(7)11-3-4/h2-3H,1H3. The smallest absolute Gasteiger partial charge is 0.226 e. The molecule has 0 aliphatic rings. The van der Waals surface area contributed by atoms with Crippen molar-refractivity contribution < 1.29 is 8.78 Å². The Labute approximate surface area is 67.2 Å². The van der Waals surface area contributed by atoms with Gasteiger partial charge in [0.25, 0.3) is 5.92 Å². The molecule has 0 aromatic carbocycles. The molecule has 0 aliphatic heterocycles. The van der Waals surface area contributed by atoms with Crippen molar-refractivity contribution in [2.45, 2.75) is 12.8 Å². The van der Waals surface area contributed by atoms with Crippen molar-refractivity contribution in [3.05, 3.63) is 23.2 Å². The summed E-state index contributed by atoms with van der Waals surface area (Å²) in [4.78, 5) is 6.84. The lowest BCUT2D eigenvalue weighted by molar-refractivity contribution is 0.0167. The van der Waals surface area contributed by atoms with E-state index >= 15 is 0 Å². The van der Waals surface area contributed by atoms with Crippen LogP contribution in [-0.2, 0) is 5.92 Å². The van der Waals surface area contributed by atoms with Crippen molar-refractivity contribution in [2.24, 2.45) is 0 Å². The highest BCUT2D eigenvalue weighted by Crippen LogP contribution is 2.25. The minimum absolute atomic E-state index is 0.0296. The van der Waals surface area contributed by atoms with Crippen LogP contribution in [0.4, 0.5) is 8.78 Å². The van der Waals surface area contributed by atoms with E-state index < -0.39 is 5.92 Å². The molecule has 0 spiro atoms. The second kappa shape index (κ2) is 2.70. The van der Waals surface area contributed by atoms with Gasteiger partial charge in [-0.25, -0.2) is 18.7 Å². The maximum atomic E-state index is 12.5. The number of hydrogen-bond acceptors (Lipinski definition) is 2. The molecule has 1 aromatic heterocycles. The zero-order chi connectivity index (χ0) is 8.48. The Morgan fingerprint density at radius 1 is 1.36 bits per heavy atom. The van der Waals surface area contributed by atoms with Gasteiger partial charge in [-0.05, 0) is 11.6 Å². The fourth-order valence-corrected chi connectivity index (χ4v) is 0.637. The predicted octanol–water partition coefficient (Wildman–Crippen LogP) is 2.24. The highest BCUT2D eigenvalue weighted by atomic mass is 35.5. The lowest BCUT2D eigenvalue weighted by atomic mass is 10.2. The molecule has 0 unspecified atom stereocenters. The van der Waals surface area contributed by atoms with E-state index in [9.17, 15) is 8.78 Å². The molecule has 11 heavy (non-hydrogen) atoms. The molecule has 0 atom stereocenters. The Kier molecular flexibility index (Phi) is 2.04. The van der Waals surface area contributed by atoms with Crippen molar-refractivity contribution in [3.8, 4) is 0 Å². The lowest BCUT2D eigenvalue weighted by Crippen LogP contribution is -2.07. The Balaban J connectivity index is 2.99. The van der Waals surface area contributed by atoms with Gasteiger partial charge >= 0.3 is 0 Å². The Hall–Kier alpha value is -0.770. The number of halogens is 3. The van der Waals surface area contributed by atoms with E-state index in [2.05, 4.69) is 9.97 Å². The first-order chi connectivity index (χ1) is 5.00. The Bertz CT molecular complexity index is 242. The van der Waals surface area contributed by atoms with Crippen molar-refractivity contribution >= 4 is 11.6 Å². The molecular weight excluding hydrogens is 174 g/mol. The van der Waals surface area contributed by atoms with Gasteiger partial charge < -0.3 is 0 Å². The summed E-state index contributed by atoms with van der Waals surface area (Å²) in [6.07, 6.45) is 2.02. The van der Waals surface area contributed by atoms with Crippen LogP contribution in [0.5, 0.6) is 0 Å². The molecule has 0 saturated heterocycles. The summed E-state index contributed by atoms with van der Waals surface area (Å²) in [5, 5.41) is -0.0296. The van der Waals surface area contributed by atoms with Gasteiger partial charge in [-0.3, -0.25) is 0 Å². The first kappa shape index (κ1) is 8.33. The molecule has 0 N–H and O–H groups in total. The maximum Gasteiger partial charge on any atom is 0.273 e. The van der Waals surface area contributed by atoms with Gasteiger partial charge in [0.05, 0.1) is 5.56 Å². The van der Waals surface area contributed by atoms with Crippen LogP contribution >= 0.6 is 11.6 Å². The third-order valence-electron chi connectivity index (χ3n) is 1.13. The van der Waals surface area contributed by atoms with Crippen LogP contribution in [0.1, 0.15) is 12.5 Å². The van der Waals surface area contributed by atoms with E-state index in [-0.39, 0.29) is 10.8 Å². The van der Waals surface area contributed by atoms with Crippen LogP contribution in [0.3, 0.4) is 0 Å². The predicted molar refractivity (Wildman–Crippen MR) is 36.6 cm³/mol. The van der Waals surface area contributed by atoms with Crippen LogP contribution < -0.4 is 0 Å². The number of hydrogen-bond donors (Lipinski definition) is 0. The molecule has 0 saturated carbocycles. The van der Waals surface area contributed by atoms with Crippen molar-refractivity contribution in [1.82, 2.24) is 9.97 Å². The van der Waals surface area contributed by atoms with Gasteiger partial charge in [0.15, 0.2) is 0 Å². The van der Waals surface area contributed by atoms with Crippen molar-refractivity contribution in [2.75, 3.05) is 0 Å². The van der Waals surface area contributed by atoms with E-state index in [1.165, 1.54) is 0 Å². The summed E-state index contributed by atoms with van der Waals surface area (Å²) in [5.41, 5.74) is -0.234. The normalized spacial score (nSPS) is 11.6. The summed E-state index contributed by atoms with van der Waals surface area (Å²) >= 11 is 5.29. The van der Waals surface area contributed by atoms with Crippen LogP contribution in [0, 0.1) is 0 Å². The number of alkyl halides is 2. The third kappa shape index (κ3) is 2.08. The van der Waals surface area contributed by atoms with E-state index in [4.69, 9.17) is 11.6 Å². The number of aromatic nitrogens is 2. The van der Waals surface area contributed by atoms with Gasteiger partial charge in [-0.1, -0.05) is 0 Å². The van der Waals surface area contributed by atoms with E-state index in [0.29, 0.717) is 0 Å². The average Bonchev–Trinajstić information content (AvgIpc) is 1.86. The van der Waals surface area contributed by atoms with Gasteiger partial charge in [0, 0.05) is 19.3 Å². The molecule has 0 bridgehead atoms. The largest absolute Gasteiger partial charge is 0.273 e. The number of nitrogens with zero attached hydrogens (tertiary/aromatic N) is 2. The fraction of sp³-hybridized carbons (Fsp3) is 0.333. The van der Waals surface area contributed by atoms with Crippen molar-refractivity contribution in [1.29, 1.82) is 0 Å². The van der Waals surface area contributed by atoms with E-state index in [1.54, 1.807) is 0 Å². The van der Waals surface area contributed by atoms with E-state index in [1.807, 2.05) is 0 Å². The highest BCUT2D eigenvalue weighted by Gasteiger charge is 2.24. The summed E-state index contributed by atoms with van der Waals surface area (Å²) < 4.78 is 24.9. The van der Waals surface area contributed by atoms with E-state index in [0.717, 1.165) is 19.3 Å². The summed E-state index contributed by atoms with van der Waals surface area (Å²) in [6, 6.07) is 0. The maximum absolute atomic E-state index is 12.5. The molecule has 2 nitrogen and oxygen atoms in total. The SMILES string of the molecule is CC(F)(F)c1cnc(Cl)nc1. The third-order valence-corrected chi connectivity index (χ3v) is 1.32. The average molecular weight is 179 g/mol. The Morgan fingerprint density at radius 2 is 1.82 bits per heavy atom. The zero-order valence-electron chi connectivity index (χ0n) is 5.68. The second-order valence-corrected chi connectivity index (χ2v) is 2.47. The zero-order valence-corrected chi connectivity index (χ0v) is 6.44. The summed E-state index contributed by atoms with van der Waals surface area (Å²) in [5.74, 6) is -2.90. The second-order valence-electron chi connectivity index (χ2n) is 2.13. The number of rotatable bonds is 1. The molecule has 0 amide bonds. The van der Waals surface area contributed by atoms with Crippen LogP contribution in [0.2, 0.25) is 5.28 Å². The molecule has 1 aromatic rings. The van der Waals surface area contributed by atoms with Crippen LogP contribution in [-0.4, -0.2) is 9.97 Å². The van der Waals surface area contributed by atoms with Gasteiger partial charge in [-0.2, -0.15) is 0 Å². The van der Waals surface area contributed by atoms with Crippen LogP contribution in [0.15, 0.2) is 12.4 Å². The molecule has 0 fully saturated rings. The highest BCUT2D eigenvalue weighted by molar-refractivity contribution is 6.28. The monoisotopic (exact) mass is 178 g/mol. The first-order valence-electron chi connectivity index (χ1n) is 2.86. The van der Waals surface area contributed by atoms with Crippen molar-refractivity contribution in [3.63, 3.8) is 0 Å².